The number of ether oxygens (including phenoxy) is 1. The molecule has 0 N–H and O–H groups in total. The third-order valence-corrected chi connectivity index (χ3v) is 5.37. The van der Waals surface area contributed by atoms with Crippen molar-refractivity contribution < 1.29 is 4.74 Å². The van der Waals surface area contributed by atoms with Gasteiger partial charge in [-0.2, -0.15) is 0 Å². The minimum atomic E-state index is 0.812. The minimum absolute atomic E-state index is 0.812. The molecule has 0 spiro atoms. The van der Waals surface area contributed by atoms with E-state index in [4.69, 9.17) is 9.72 Å². The number of hydrogen-bond donors (Lipinski definition) is 0. The highest BCUT2D eigenvalue weighted by atomic mass is 16.5. The van der Waals surface area contributed by atoms with Crippen LogP contribution in [-0.2, 0) is 30.4 Å². The molecule has 0 unspecified atom stereocenters. The first-order chi connectivity index (χ1) is 13.2. The Morgan fingerprint density at radius 3 is 2.19 bits per heavy atom. The van der Waals surface area contributed by atoms with Gasteiger partial charge in [-0.25, -0.2) is 0 Å². The fraction of sp³-hybridized carbons (Fsp3) is 0.560. The van der Waals surface area contributed by atoms with Crippen LogP contribution in [0.2, 0.25) is 0 Å². The summed E-state index contributed by atoms with van der Waals surface area (Å²) in [6.07, 6.45) is 7.80. The first-order valence-corrected chi connectivity index (χ1v) is 10.8. The van der Waals surface area contributed by atoms with Crippen LogP contribution in [0.15, 0.2) is 24.3 Å². The largest absolute Gasteiger partial charge is 0.382 e. The number of nitrogens with zero attached hydrogens (tertiary/aromatic N) is 1. The Labute approximate surface area is 166 Å². The number of benzene rings is 1. The predicted octanol–water partition coefficient (Wildman–Crippen LogP) is 6.49. The standard InChI is InChI=1S/C25H37NO/c1-6-13-22-18-24(25-20(7-2)14-12-15-21(25)8-3)26-19(5)23(22)16-10-11-17-27-9-4/h12,14-15,18H,6-11,13,16-17H2,1-5H3. The van der Waals surface area contributed by atoms with Crippen molar-refractivity contribution in [2.24, 2.45) is 0 Å². The van der Waals surface area contributed by atoms with E-state index in [2.05, 4.69) is 58.9 Å². The zero-order chi connectivity index (χ0) is 19.6. The molecule has 2 nitrogen and oxygen atoms in total. The van der Waals surface area contributed by atoms with E-state index in [9.17, 15) is 0 Å². The Kier molecular flexibility index (Phi) is 9.00. The SMILES string of the molecule is CCCc1cc(-c2c(CC)cccc2CC)nc(C)c1CCCCOCC. The van der Waals surface area contributed by atoms with E-state index in [1.54, 1.807) is 0 Å². The van der Waals surface area contributed by atoms with Gasteiger partial charge in [0.2, 0.25) is 0 Å². The number of unbranched alkanes of at least 4 members (excludes halogenated alkanes) is 1. The molecule has 2 aromatic rings. The second-order valence-corrected chi connectivity index (χ2v) is 7.29. The molecule has 0 saturated heterocycles. The Bertz CT molecular complexity index is 698. The van der Waals surface area contributed by atoms with Gasteiger partial charge < -0.3 is 4.74 Å². The lowest BCUT2D eigenvalue weighted by Crippen LogP contribution is -2.05. The van der Waals surface area contributed by atoms with E-state index >= 15 is 0 Å². The molecule has 0 fully saturated rings. The molecular formula is C25H37NO. The summed E-state index contributed by atoms with van der Waals surface area (Å²) in [6.45, 7) is 12.7. The molecular weight excluding hydrogens is 330 g/mol. The van der Waals surface area contributed by atoms with Gasteiger partial charge in [-0.1, -0.05) is 45.4 Å². The van der Waals surface area contributed by atoms with Crippen LogP contribution in [0.4, 0.5) is 0 Å². The summed E-state index contributed by atoms with van der Waals surface area (Å²) in [4.78, 5) is 5.09. The van der Waals surface area contributed by atoms with Gasteiger partial charge in [-0.05, 0) is 80.7 Å². The second kappa shape index (κ2) is 11.2. The molecule has 0 atom stereocenters. The van der Waals surface area contributed by atoms with Gasteiger partial charge >= 0.3 is 0 Å². The van der Waals surface area contributed by atoms with Crippen molar-refractivity contribution in [3.05, 3.63) is 52.2 Å². The number of aryl methyl sites for hydroxylation is 4. The van der Waals surface area contributed by atoms with Crippen LogP contribution in [-0.4, -0.2) is 18.2 Å². The Balaban J connectivity index is 2.38. The van der Waals surface area contributed by atoms with E-state index < -0.39 is 0 Å². The van der Waals surface area contributed by atoms with Gasteiger partial charge in [0.05, 0.1) is 5.69 Å². The fourth-order valence-corrected chi connectivity index (χ4v) is 3.95. The van der Waals surface area contributed by atoms with Crippen LogP contribution in [0, 0.1) is 6.92 Å². The van der Waals surface area contributed by atoms with Crippen LogP contribution in [0.25, 0.3) is 11.3 Å². The van der Waals surface area contributed by atoms with Crippen LogP contribution in [0.5, 0.6) is 0 Å². The number of rotatable bonds is 11. The Hall–Kier alpha value is -1.67. The molecule has 0 saturated carbocycles. The quantitative estimate of drug-likeness (QED) is 0.423. The molecule has 1 aromatic carbocycles. The third-order valence-electron chi connectivity index (χ3n) is 5.37. The lowest BCUT2D eigenvalue weighted by Gasteiger charge is -2.18. The van der Waals surface area contributed by atoms with Crippen LogP contribution in [0.3, 0.4) is 0 Å². The highest BCUT2D eigenvalue weighted by Crippen LogP contribution is 2.31. The minimum Gasteiger partial charge on any atom is -0.382 e. The van der Waals surface area contributed by atoms with Gasteiger partial charge in [-0.3, -0.25) is 4.98 Å². The zero-order valence-corrected chi connectivity index (χ0v) is 18.0. The summed E-state index contributed by atoms with van der Waals surface area (Å²) in [6, 6.07) is 9.08. The highest BCUT2D eigenvalue weighted by Gasteiger charge is 2.15. The van der Waals surface area contributed by atoms with E-state index in [0.29, 0.717) is 0 Å². The Morgan fingerprint density at radius 2 is 1.59 bits per heavy atom. The predicted molar refractivity (Wildman–Crippen MR) is 117 cm³/mol. The van der Waals surface area contributed by atoms with Crippen molar-refractivity contribution in [1.29, 1.82) is 0 Å². The Morgan fingerprint density at radius 1 is 0.889 bits per heavy atom. The van der Waals surface area contributed by atoms with Crippen LogP contribution >= 0.6 is 0 Å². The lowest BCUT2D eigenvalue weighted by atomic mass is 9.91. The van der Waals surface area contributed by atoms with Gasteiger partial charge in [0.1, 0.15) is 0 Å². The molecule has 0 aliphatic heterocycles. The van der Waals surface area contributed by atoms with Gasteiger partial charge in [0, 0.05) is 24.5 Å². The summed E-state index contributed by atoms with van der Waals surface area (Å²) in [5.74, 6) is 0. The zero-order valence-electron chi connectivity index (χ0n) is 18.0. The summed E-state index contributed by atoms with van der Waals surface area (Å²) < 4.78 is 5.49. The summed E-state index contributed by atoms with van der Waals surface area (Å²) >= 11 is 0. The second-order valence-electron chi connectivity index (χ2n) is 7.29. The van der Waals surface area contributed by atoms with Crippen LogP contribution < -0.4 is 0 Å². The molecule has 27 heavy (non-hydrogen) atoms. The maximum atomic E-state index is 5.49. The van der Waals surface area contributed by atoms with Crippen molar-refractivity contribution in [2.75, 3.05) is 13.2 Å². The smallest absolute Gasteiger partial charge is 0.0713 e. The van der Waals surface area contributed by atoms with Gasteiger partial charge in [-0.15, -0.1) is 0 Å². The molecule has 0 radical (unpaired) electrons. The van der Waals surface area contributed by atoms with E-state index in [1.807, 2.05) is 0 Å². The molecule has 1 heterocycles. The van der Waals surface area contributed by atoms with Crippen molar-refractivity contribution >= 4 is 0 Å². The topological polar surface area (TPSA) is 22.1 Å². The molecule has 0 aliphatic carbocycles. The number of hydrogen-bond acceptors (Lipinski definition) is 2. The molecule has 2 heteroatoms. The maximum Gasteiger partial charge on any atom is 0.0713 e. The summed E-state index contributed by atoms with van der Waals surface area (Å²) in [7, 11) is 0. The van der Waals surface area contributed by atoms with Crippen molar-refractivity contribution in [3.63, 3.8) is 0 Å². The van der Waals surface area contributed by atoms with E-state index in [-0.39, 0.29) is 0 Å². The normalized spacial score (nSPS) is 11.1. The van der Waals surface area contributed by atoms with E-state index in [0.717, 1.165) is 45.3 Å². The molecule has 148 valence electrons. The maximum absolute atomic E-state index is 5.49. The molecule has 0 bridgehead atoms. The average Bonchev–Trinajstić information content (AvgIpc) is 2.68. The first-order valence-electron chi connectivity index (χ1n) is 10.8. The third kappa shape index (κ3) is 5.65. The van der Waals surface area contributed by atoms with Crippen molar-refractivity contribution in [3.8, 4) is 11.3 Å². The molecule has 1 aromatic heterocycles. The fourth-order valence-electron chi connectivity index (χ4n) is 3.95. The monoisotopic (exact) mass is 367 g/mol. The number of pyridine rings is 1. The molecule has 2 rings (SSSR count). The van der Waals surface area contributed by atoms with Gasteiger partial charge in [0.25, 0.3) is 0 Å². The first kappa shape index (κ1) is 21.6. The number of aromatic nitrogens is 1. The van der Waals surface area contributed by atoms with E-state index in [1.165, 1.54) is 52.0 Å². The summed E-state index contributed by atoms with van der Waals surface area (Å²) in [5, 5.41) is 0. The van der Waals surface area contributed by atoms with Crippen molar-refractivity contribution in [2.45, 2.75) is 79.6 Å². The van der Waals surface area contributed by atoms with Crippen molar-refractivity contribution in [1.82, 2.24) is 4.98 Å². The van der Waals surface area contributed by atoms with Gasteiger partial charge in [0.15, 0.2) is 0 Å². The van der Waals surface area contributed by atoms with Crippen LogP contribution in [0.1, 0.15) is 74.9 Å². The molecule has 0 amide bonds. The summed E-state index contributed by atoms with van der Waals surface area (Å²) in [5.41, 5.74) is 9.52. The molecule has 0 aliphatic rings. The highest BCUT2D eigenvalue weighted by molar-refractivity contribution is 5.69. The average molecular weight is 368 g/mol. The lowest BCUT2D eigenvalue weighted by molar-refractivity contribution is 0.143.